The highest BCUT2D eigenvalue weighted by atomic mass is 32.2. The van der Waals surface area contributed by atoms with Gasteiger partial charge in [-0.05, 0) is 19.1 Å². The molecule has 0 aliphatic carbocycles. The maximum atomic E-state index is 12.1. The van der Waals surface area contributed by atoms with Gasteiger partial charge in [-0.3, -0.25) is 0 Å². The number of nitrogens with zero attached hydrogens (tertiary/aromatic N) is 1. The standard InChI is InChI=1S/C12H21N3O4S/c1-12(7-16,8-17)14-9-5-4-6-10(11(9)13)20(18,19)15(2)3/h4-6,14,16-17H,7-8,13H2,1-3H3. The lowest BCUT2D eigenvalue weighted by molar-refractivity contribution is 0.147. The van der Waals surface area contributed by atoms with E-state index in [-0.39, 0.29) is 23.8 Å². The fraction of sp³-hybridized carbons (Fsp3) is 0.500. The van der Waals surface area contributed by atoms with Crippen molar-refractivity contribution in [3.63, 3.8) is 0 Å². The topological polar surface area (TPSA) is 116 Å². The molecular formula is C12H21N3O4S. The normalized spacial score (nSPS) is 12.7. The molecule has 20 heavy (non-hydrogen) atoms. The van der Waals surface area contributed by atoms with Crippen molar-refractivity contribution in [3.05, 3.63) is 18.2 Å². The number of benzene rings is 1. The van der Waals surface area contributed by atoms with Gasteiger partial charge in [-0.1, -0.05) is 6.07 Å². The smallest absolute Gasteiger partial charge is 0.244 e. The van der Waals surface area contributed by atoms with Crippen molar-refractivity contribution in [2.45, 2.75) is 17.4 Å². The number of aliphatic hydroxyl groups is 2. The molecule has 7 nitrogen and oxygen atoms in total. The first kappa shape index (κ1) is 16.7. The van der Waals surface area contributed by atoms with Crippen LogP contribution >= 0.6 is 0 Å². The van der Waals surface area contributed by atoms with Gasteiger partial charge in [0.05, 0.1) is 30.1 Å². The second-order valence-electron chi connectivity index (χ2n) is 5.01. The molecular weight excluding hydrogens is 282 g/mol. The van der Waals surface area contributed by atoms with Crippen LogP contribution in [0.3, 0.4) is 0 Å². The Morgan fingerprint density at radius 1 is 1.30 bits per heavy atom. The Morgan fingerprint density at radius 3 is 2.30 bits per heavy atom. The van der Waals surface area contributed by atoms with Gasteiger partial charge in [-0.25, -0.2) is 12.7 Å². The maximum Gasteiger partial charge on any atom is 0.244 e. The minimum atomic E-state index is -3.66. The van der Waals surface area contributed by atoms with Crippen LogP contribution in [0.25, 0.3) is 0 Å². The zero-order valence-corrected chi connectivity index (χ0v) is 12.6. The van der Waals surface area contributed by atoms with E-state index in [1.165, 1.54) is 20.2 Å². The molecule has 0 unspecified atom stereocenters. The van der Waals surface area contributed by atoms with Crippen LogP contribution in [-0.4, -0.2) is 55.8 Å². The molecule has 0 saturated carbocycles. The maximum absolute atomic E-state index is 12.1. The highest BCUT2D eigenvalue weighted by Crippen LogP contribution is 2.30. The van der Waals surface area contributed by atoms with E-state index in [1.807, 2.05) is 0 Å². The highest BCUT2D eigenvalue weighted by Gasteiger charge is 2.26. The fourth-order valence-corrected chi connectivity index (χ4v) is 2.56. The highest BCUT2D eigenvalue weighted by molar-refractivity contribution is 7.89. The molecule has 1 aromatic carbocycles. The van der Waals surface area contributed by atoms with Crippen LogP contribution in [0.1, 0.15) is 6.92 Å². The fourth-order valence-electron chi connectivity index (χ4n) is 1.53. The summed E-state index contributed by atoms with van der Waals surface area (Å²) in [4.78, 5) is -0.0225. The van der Waals surface area contributed by atoms with E-state index in [1.54, 1.807) is 19.1 Å². The van der Waals surface area contributed by atoms with E-state index in [2.05, 4.69) is 5.32 Å². The molecule has 0 saturated heterocycles. The summed E-state index contributed by atoms with van der Waals surface area (Å²) in [5, 5.41) is 21.4. The van der Waals surface area contributed by atoms with Crippen molar-refractivity contribution in [2.75, 3.05) is 38.4 Å². The molecule has 0 aromatic heterocycles. The van der Waals surface area contributed by atoms with Gasteiger partial charge in [0.15, 0.2) is 0 Å². The predicted octanol–water partition coefficient (Wildman–Crippen LogP) is -0.326. The number of nitrogen functional groups attached to an aromatic ring is 1. The molecule has 0 atom stereocenters. The third kappa shape index (κ3) is 3.21. The van der Waals surface area contributed by atoms with Crippen molar-refractivity contribution in [1.82, 2.24) is 4.31 Å². The molecule has 0 bridgehead atoms. The van der Waals surface area contributed by atoms with E-state index in [0.29, 0.717) is 5.69 Å². The Hall–Kier alpha value is -1.35. The predicted molar refractivity (Wildman–Crippen MR) is 77.9 cm³/mol. The van der Waals surface area contributed by atoms with Gasteiger partial charge in [0.2, 0.25) is 10.0 Å². The molecule has 8 heteroatoms. The van der Waals surface area contributed by atoms with E-state index in [4.69, 9.17) is 5.73 Å². The quantitative estimate of drug-likeness (QED) is 0.535. The molecule has 0 heterocycles. The number of hydrogen-bond donors (Lipinski definition) is 4. The summed E-state index contributed by atoms with van der Waals surface area (Å²) in [6.07, 6.45) is 0. The molecule has 0 amide bonds. The summed E-state index contributed by atoms with van der Waals surface area (Å²) in [6, 6.07) is 4.54. The van der Waals surface area contributed by atoms with E-state index in [0.717, 1.165) is 4.31 Å². The first-order valence-corrected chi connectivity index (χ1v) is 7.43. The molecule has 114 valence electrons. The monoisotopic (exact) mass is 303 g/mol. The number of para-hydroxylation sites is 1. The SMILES string of the molecule is CN(C)S(=O)(=O)c1cccc(NC(C)(CO)CO)c1N. The summed E-state index contributed by atoms with van der Waals surface area (Å²) >= 11 is 0. The summed E-state index contributed by atoms with van der Waals surface area (Å²) in [7, 11) is -0.822. The van der Waals surface area contributed by atoms with Crippen LogP contribution in [-0.2, 0) is 10.0 Å². The zero-order valence-electron chi connectivity index (χ0n) is 11.8. The van der Waals surface area contributed by atoms with E-state index < -0.39 is 15.6 Å². The van der Waals surface area contributed by atoms with Crippen LogP contribution in [0.2, 0.25) is 0 Å². The van der Waals surface area contributed by atoms with Crippen LogP contribution in [0.5, 0.6) is 0 Å². The van der Waals surface area contributed by atoms with Gasteiger partial charge in [0, 0.05) is 14.1 Å². The molecule has 0 spiro atoms. The Morgan fingerprint density at radius 2 is 1.85 bits per heavy atom. The largest absolute Gasteiger partial charge is 0.396 e. The molecule has 0 radical (unpaired) electrons. The average Bonchev–Trinajstić information content (AvgIpc) is 2.40. The minimum absolute atomic E-state index is 0.0225. The van der Waals surface area contributed by atoms with Gasteiger partial charge in [-0.15, -0.1) is 0 Å². The molecule has 0 aliphatic rings. The van der Waals surface area contributed by atoms with Gasteiger partial charge in [0.25, 0.3) is 0 Å². The minimum Gasteiger partial charge on any atom is -0.396 e. The Kier molecular flexibility index (Phi) is 4.98. The van der Waals surface area contributed by atoms with E-state index >= 15 is 0 Å². The summed E-state index contributed by atoms with van der Waals surface area (Å²) in [5.74, 6) is 0. The molecule has 1 aromatic rings. The number of nitrogens with one attached hydrogen (secondary N) is 1. The Labute approximate surface area is 119 Å². The number of aliphatic hydroxyl groups excluding tert-OH is 2. The summed E-state index contributed by atoms with van der Waals surface area (Å²) < 4.78 is 25.3. The first-order chi connectivity index (χ1) is 9.18. The van der Waals surface area contributed by atoms with Gasteiger partial charge in [-0.2, -0.15) is 0 Å². The van der Waals surface area contributed by atoms with Gasteiger partial charge < -0.3 is 21.3 Å². The molecule has 5 N–H and O–H groups in total. The third-order valence-electron chi connectivity index (χ3n) is 2.96. The second-order valence-corrected chi connectivity index (χ2v) is 7.13. The molecule has 0 aliphatic heterocycles. The van der Waals surface area contributed by atoms with Gasteiger partial charge in [0.1, 0.15) is 4.90 Å². The summed E-state index contributed by atoms with van der Waals surface area (Å²) in [5.41, 5.74) is 5.30. The van der Waals surface area contributed by atoms with Crippen LogP contribution in [0.15, 0.2) is 23.1 Å². The number of nitrogens with two attached hydrogens (primary N) is 1. The van der Waals surface area contributed by atoms with E-state index in [9.17, 15) is 18.6 Å². The van der Waals surface area contributed by atoms with Crippen LogP contribution in [0, 0.1) is 0 Å². The van der Waals surface area contributed by atoms with Crippen LogP contribution in [0.4, 0.5) is 11.4 Å². The van der Waals surface area contributed by atoms with Crippen molar-refractivity contribution >= 4 is 21.4 Å². The zero-order chi connectivity index (χ0) is 15.6. The van der Waals surface area contributed by atoms with Crippen LogP contribution < -0.4 is 11.1 Å². The molecule has 1 rings (SSSR count). The number of anilines is 2. The lowest BCUT2D eigenvalue weighted by Crippen LogP contribution is -2.42. The number of hydrogen-bond acceptors (Lipinski definition) is 6. The first-order valence-electron chi connectivity index (χ1n) is 5.99. The third-order valence-corrected chi connectivity index (χ3v) is 4.83. The Balaban J connectivity index is 3.28. The second kappa shape index (κ2) is 5.96. The average molecular weight is 303 g/mol. The lowest BCUT2D eigenvalue weighted by atomic mass is 10.0. The molecule has 0 fully saturated rings. The summed E-state index contributed by atoms with van der Waals surface area (Å²) in [6.45, 7) is 0.945. The number of rotatable bonds is 6. The van der Waals surface area contributed by atoms with Crippen molar-refractivity contribution in [3.8, 4) is 0 Å². The lowest BCUT2D eigenvalue weighted by Gasteiger charge is -2.28. The van der Waals surface area contributed by atoms with Crippen molar-refractivity contribution in [1.29, 1.82) is 0 Å². The Bertz CT molecular complexity index is 568. The number of sulfonamides is 1. The van der Waals surface area contributed by atoms with Crippen molar-refractivity contribution < 1.29 is 18.6 Å². The van der Waals surface area contributed by atoms with Gasteiger partial charge >= 0.3 is 0 Å². The van der Waals surface area contributed by atoms with Crippen molar-refractivity contribution in [2.24, 2.45) is 0 Å².